The molecule has 148 valence electrons. The van der Waals surface area contributed by atoms with Crippen molar-refractivity contribution in [2.45, 2.75) is 13.0 Å². The lowest BCUT2D eigenvalue weighted by molar-refractivity contribution is 0.0186. The lowest BCUT2D eigenvalue weighted by atomic mass is 10.0. The summed E-state index contributed by atoms with van der Waals surface area (Å²) >= 11 is 0. The Balaban J connectivity index is 1.56. The number of ether oxygens (including phenoxy) is 1. The molecule has 0 saturated carbocycles. The molecule has 6 nitrogen and oxygen atoms in total. The zero-order valence-electron chi connectivity index (χ0n) is 16.5. The number of anilines is 1. The second-order valence-electron chi connectivity index (χ2n) is 7.13. The highest BCUT2D eigenvalue weighted by Gasteiger charge is 2.24. The third-order valence-electron chi connectivity index (χ3n) is 5.16. The highest BCUT2D eigenvalue weighted by Crippen LogP contribution is 2.27. The summed E-state index contributed by atoms with van der Waals surface area (Å²) in [7, 11) is 0. The third-order valence-corrected chi connectivity index (χ3v) is 5.16. The maximum absolute atomic E-state index is 9.50. The summed E-state index contributed by atoms with van der Waals surface area (Å²) in [5.41, 5.74) is 3.58. The van der Waals surface area contributed by atoms with Gasteiger partial charge in [-0.3, -0.25) is 4.90 Å². The Labute approximate surface area is 170 Å². The van der Waals surface area contributed by atoms with Gasteiger partial charge < -0.3 is 14.5 Å². The number of aromatic nitrogens is 1. The lowest BCUT2D eigenvalue weighted by Gasteiger charge is -2.35. The first-order valence-corrected chi connectivity index (χ1v) is 9.83. The summed E-state index contributed by atoms with van der Waals surface area (Å²) in [6.45, 7) is 5.90. The molecule has 1 aromatic heterocycles. The fourth-order valence-electron chi connectivity index (χ4n) is 3.54. The first-order chi connectivity index (χ1) is 14.2. The molecule has 29 heavy (non-hydrogen) atoms. The van der Waals surface area contributed by atoms with Crippen molar-refractivity contribution < 1.29 is 9.15 Å². The lowest BCUT2D eigenvalue weighted by Crippen LogP contribution is -2.41. The zero-order valence-corrected chi connectivity index (χ0v) is 16.5. The summed E-state index contributed by atoms with van der Waals surface area (Å²) in [6.07, 6.45) is 0. The zero-order chi connectivity index (χ0) is 20.1. The van der Waals surface area contributed by atoms with E-state index in [2.05, 4.69) is 52.5 Å². The maximum Gasteiger partial charge on any atom is 0.232 e. The monoisotopic (exact) mass is 388 g/mol. The van der Waals surface area contributed by atoms with Crippen LogP contribution in [0.1, 0.15) is 22.9 Å². The van der Waals surface area contributed by atoms with Gasteiger partial charge in [-0.2, -0.15) is 10.2 Å². The predicted octanol–water partition coefficient (Wildman–Crippen LogP) is 4.01. The van der Waals surface area contributed by atoms with Crippen molar-refractivity contribution in [2.75, 3.05) is 38.2 Å². The molecule has 0 spiro atoms. The van der Waals surface area contributed by atoms with Crippen LogP contribution in [0.25, 0.3) is 11.5 Å². The van der Waals surface area contributed by atoms with E-state index >= 15 is 0 Å². The highest BCUT2D eigenvalue weighted by molar-refractivity contribution is 5.58. The number of hydrogen-bond acceptors (Lipinski definition) is 6. The molecule has 4 rings (SSSR count). The summed E-state index contributed by atoms with van der Waals surface area (Å²) in [6, 6.07) is 20.5. The van der Waals surface area contributed by atoms with E-state index in [1.807, 2.05) is 30.3 Å². The van der Waals surface area contributed by atoms with Crippen molar-refractivity contribution in [1.82, 2.24) is 9.88 Å². The summed E-state index contributed by atoms with van der Waals surface area (Å²) in [5.74, 6) is 0.861. The molecule has 2 heterocycles. The summed E-state index contributed by atoms with van der Waals surface area (Å²) < 4.78 is 11.4. The van der Waals surface area contributed by atoms with Crippen molar-refractivity contribution in [3.8, 4) is 17.5 Å². The minimum atomic E-state index is 0.149. The van der Waals surface area contributed by atoms with Crippen LogP contribution in [0.4, 0.5) is 5.88 Å². The van der Waals surface area contributed by atoms with Crippen LogP contribution in [0.3, 0.4) is 0 Å². The van der Waals surface area contributed by atoms with Crippen LogP contribution < -0.4 is 5.32 Å². The molecule has 3 aromatic rings. The van der Waals surface area contributed by atoms with Gasteiger partial charge >= 0.3 is 0 Å². The van der Waals surface area contributed by atoms with Gasteiger partial charge in [-0.25, -0.2) is 0 Å². The number of oxazole rings is 1. The molecule has 1 unspecified atom stereocenters. The van der Waals surface area contributed by atoms with E-state index in [9.17, 15) is 5.26 Å². The average Bonchev–Trinajstić information content (AvgIpc) is 3.20. The molecule has 0 radical (unpaired) electrons. The van der Waals surface area contributed by atoms with Gasteiger partial charge in [-0.1, -0.05) is 48.0 Å². The number of benzene rings is 2. The van der Waals surface area contributed by atoms with E-state index < -0.39 is 0 Å². The van der Waals surface area contributed by atoms with Gasteiger partial charge in [-0.15, -0.1) is 0 Å². The Morgan fingerprint density at radius 1 is 1.10 bits per heavy atom. The number of hydrogen-bond donors (Lipinski definition) is 1. The van der Waals surface area contributed by atoms with Crippen LogP contribution in [0.2, 0.25) is 0 Å². The molecule has 1 aliphatic heterocycles. The molecule has 6 heteroatoms. The van der Waals surface area contributed by atoms with E-state index in [1.165, 1.54) is 11.1 Å². The molecule has 1 aliphatic rings. The van der Waals surface area contributed by atoms with Gasteiger partial charge in [0, 0.05) is 25.2 Å². The molecule has 1 N–H and O–H groups in total. The molecular weight excluding hydrogens is 364 g/mol. The normalized spacial score (nSPS) is 15.6. The maximum atomic E-state index is 9.50. The Hall–Kier alpha value is -3.14. The number of aryl methyl sites for hydroxylation is 1. The van der Waals surface area contributed by atoms with E-state index in [1.54, 1.807) is 0 Å². The molecule has 0 bridgehead atoms. The van der Waals surface area contributed by atoms with Crippen molar-refractivity contribution >= 4 is 5.88 Å². The van der Waals surface area contributed by atoms with Gasteiger partial charge in [0.05, 0.1) is 19.3 Å². The quantitative estimate of drug-likeness (QED) is 0.688. The van der Waals surface area contributed by atoms with Crippen LogP contribution in [-0.2, 0) is 4.74 Å². The summed E-state index contributed by atoms with van der Waals surface area (Å²) in [4.78, 5) is 6.75. The number of nitrogens with one attached hydrogen (secondary N) is 1. The first-order valence-electron chi connectivity index (χ1n) is 9.83. The SMILES string of the molecule is Cc1ccc(C(CNc2oc(-c3ccccc3)nc2C#N)N2CCOCC2)cc1. The van der Waals surface area contributed by atoms with Gasteiger partial charge in [0.1, 0.15) is 6.07 Å². The fraction of sp³-hybridized carbons (Fsp3) is 0.304. The molecule has 1 saturated heterocycles. The molecule has 2 aromatic carbocycles. The third kappa shape index (κ3) is 4.48. The van der Waals surface area contributed by atoms with E-state index in [4.69, 9.17) is 9.15 Å². The fourth-order valence-corrected chi connectivity index (χ4v) is 3.54. The molecule has 0 amide bonds. The topological polar surface area (TPSA) is 74.3 Å². The van der Waals surface area contributed by atoms with E-state index in [-0.39, 0.29) is 11.7 Å². The number of nitriles is 1. The van der Waals surface area contributed by atoms with Crippen LogP contribution in [0.5, 0.6) is 0 Å². The highest BCUT2D eigenvalue weighted by atomic mass is 16.5. The Morgan fingerprint density at radius 2 is 1.83 bits per heavy atom. The first kappa shape index (κ1) is 19.2. The molecule has 1 fully saturated rings. The molecular formula is C23H24N4O2. The minimum absolute atomic E-state index is 0.149. The standard InChI is InChI=1S/C23H24N4O2/c1-17-7-9-18(10-8-17)21(27-11-13-28-14-12-27)16-25-23-20(15-24)26-22(29-23)19-5-3-2-4-6-19/h2-10,21,25H,11-14,16H2,1H3. The van der Waals surface area contributed by atoms with Gasteiger partial charge in [-0.05, 0) is 24.6 Å². The smallest absolute Gasteiger partial charge is 0.232 e. The molecule has 0 aliphatic carbocycles. The van der Waals surface area contributed by atoms with Crippen molar-refractivity contribution in [2.24, 2.45) is 0 Å². The second kappa shape index (κ2) is 8.91. The van der Waals surface area contributed by atoms with E-state index in [0.29, 0.717) is 18.3 Å². The second-order valence-corrected chi connectivity index (χ2v) is 7.13. The van der Waals surface area contributed by atoms with Crippen LogP contribution in [-0.4, -0.2) is 42.7 Å². The Bertz CT molecular complexity index is 970. The Kier molecular flexibility index (Phi) is 5.89. The van der Waals surface area contributed by atoms with Gasteiger partial charge in [0.15, 0.2) is 0 Å². The van der Waals surface area contributed by atoms with Crippen LogP contribution >= 0.6 is 0 Å². The van der Waals surface area contributed by atoms with Gasteiger partial charge in [0.25, 0.3) is 0 Å². The predicted molar refractivity (Wildman–Crippen MR) is 111 cm³/mol. The Morgan fingerprint density at radius 3 is 2.52 bits per heavy atom. The van der Waals surface area contributed by atoms with Crippen molar-refractivity contribution in [3.63, 3.8) is 0 Å². The molecule has 1 atom stereocenters. The van der Waals surface area contributed by atoms with Crippen molar-refractivity contribution in [3.05, 3.63) is 71.4 Å². The minimum Gasteiger partial charge on any atom is -0.419 e. The van der Waals surface area contributed by atoms with Crippen LogP contribution in [0, 0.1) is 18.3 Å². The number of rotatable bonds is 6. The van der Waals surface area contributed by atoms with Crippen molar-refractivity contribution in [1.29, 1.82) is 5.26 Å². The average molecular weight is 388 g/mol. The van der Waals surface area contributed by atoms with Gasteiger partial charge in [0.2, 0.25) is 17.5 Å². The van der Waals surface area contributed by atoms with Crippen LogP contribution in [0.15, 0.2) is 59.0 Å². The number of morpholine rings is 1. The summed E-state index contributed by atoms with van der Waals surface area (Å²) in [5, 5.41) is 12.8. The number of nitrogens with zero attached hydrogens (tertiary/aromatic N) is 3. The van der Waals surface area contributed by atoms with E-state index in [0.717, 1.165) is 31.9 Å². The largest absolute Gasteiger partial charge is 0.419 e.